The lowest BCUT2D eigenvalue weighted by Crippen LogP contribution is -2.31. The predicted molar refractivity (Wildman–Crippen MR) is 119 cm³/mol. The van der Waals surface area contributed by atoms with Crippen molar-refractivity contribution in [2.75, 3.05) is 6.54 Å². The molecule has 6 nitrogen and oxygen atoms in total. The summed E-state index contributed by atoms with van der Waals surface area (Å²) in [5, 5.41) is 5.31. The second-order valence-corrected chi connectivity index (χ2v) is 8.01. The van der Waals surface area contributed by atoms with Crippen molar-refractivity contribution in [3.8, 4) is 5.69 Å². The van der Waals surface area contributed by atoms with Crippen molar-refractivity contribution in [2.24, 2.45) is 0 Å². The average molecular weight is 410 g/mol. The first kappa shape index (κ1) is 19.2. The highest BCUT2D eigenvalue weighted by Gasteiger charge is 2.38. The molecule has 0 atom stereocenters. The normalized spacial score (nSPS) is 13.3. The first-order chi connectivity index (χ1) is 15.0. The molecule has 3 heterocycles. The van der Waals surface area contributed by atoms with Gasteiger partial charge >= 0.3 is 0 Å². The van der Waals surface area contributed by atoms with Crippen LogP contribution < -0.4 is 0 Å². The molecule has 31 heavy (non-hydrogen) atoms. The highest BCUT2D eigenvalue weighted by Crippen LogP contribution is 2.32. The Balaban J connectivity index is 1.56. The van der Waals surface area contributed by atoms with Gasteiger partial charge in [0.25, 0.3) is 11.8 Å². The smallest absolute Gasteiger partial charge is 0.263 e. The molecule has 2 aromatic heterocycles. The van der Waals surface area contributed by atoms with Crippen LogP contribution in [-0.4, -0.2) is 38.0 Å². The van der Waals surface area contributed by atoms with E-state index in [9.17, 15) is 9.59 Å². The largest absolute Gasteiger partial charge is 0.274 e. The van der Waals surface area contributed by atoms with Crippen LogP contribution in [0.1, 0.15) is 43.1 Å². The summed E-state index contributed by atoms with van der Waals surface area (Å²) < 4.78 is 1.75. The van der Waals surface area contributed by atoms with E-state index in [1.807, 2.05) is 49.4 Å². The third-order valence-corrected chi connectivity index (χ3v) is 6.01. The van der Waals surface area contributed by atoms with Crippen LogP contribution in [0.3, 0.4) is 0 Å². The number of carbonyl (C=O) groups is 2. The van der Waals surface area contributed by atoms with Gasteiger partial charge in [-0.1, -0.05) is 36.4 Å². The van der Waals surface area contributed by atoms with Gasteiger partial charge in [-0.15, -0.1) is 0 Å². The van der Waals surface area contributed by atoms with E-state index < -0.39 is 0 Å². The third kappa shape index (κ3) is 3.03. The molecule has 0 N–H and O–H groups in total. The molecule has 0 saturated carbocycles. The number of imide groups is 1. The van der Waals surface area contributed by atoms with Gasteiger partial charge in [-0.3, -0.25) is 14.5 Å². The molecular formula is C25H22N4O2. The molecule has 2 amide bonds. The van der Waals surface area contributed by atoms with Crippen LogP contribution >= 0.6 is 0 Å². The first-order valence-corrected chi connectivity index (χ1v) is 10.3. The molecule has 6 heteroatoms. The molecule has 0 unspecified atom stereocenters. The van der Waals surface area contributed by atoms with Gasteiger partial charge < -0.3 is 0 Å². The molecule has 5 rings (SSSR count). The van der Waals surface area contributed by atoms with Crippen molar-refractivity contribution in [1.29, 1.82) is 0 Å². The van der Waals surface area contributed by atoms with E-state index in [0.717, 1.165) is 16.8 Å². The number of nitrogens with zero attached hydrogens (tertiary/aromatic N) is 4. The molecule has 1 aliphatic heterocycles. The number of rotatable bonds is 4. The van der Waals surface area contributed by atoms with Crippen LogP contribution in [0, 0.1) is 20.8 Å². The molecular weight excluding hydrogens is 388 g/mol. The Morgan fingerprint density at radius 3 is 2.42 bits per heavy atom. The Kier molecular flexibility index (Phi) is 4.43. The minimum atomic E-state index is -0.288. The molecule has 1 aliphatic rings. The fourth-order valence-electron chi connectivity index (χ4n) is 4.13. The number of fused-ring (bicyclic) bond motifs is 3. The van der Waals surface area contributed by atoms with E-state index >= 15 is 0 Å². The Morgan fingerprint density at radius 2 is 1.68 bits per heavy atom. The lowest BCUT2D eigenvalue weighted by Gasteiger charge is -2.13. The van der Waals surface area contributed by atoms with E-state index in [2.05, 4.69) is 30.0 Å². The van der Waals surface area contributed by atoms with Gasteiger partial charge in [-0.2, -0.15) is 5.10 Å². The van der Waals surface area contributed by atoms with E-state index in [-0.39, 0.29) is 11.8 Å². The van der Waals surface area contributed by atoms with Crippen molar-refractivity contribution in [3.63, 3.8) is 0 Å². The molecule has 0 fully saturated rings. The number of hydrogen-bond acceptors (Lipinski definition) is 4. The van der Waals surface area contributed by atoms with E-state index in [1.165, 1.54) is 16.7 Å². The monoisotopic (exact) mass is 410 g/mol. The molecule has 0 saturated heterocycles. The summed E-state index contributed by atoms with van der Waals surface area (Å²) in [5.41, 5.74) is 6.35. The number of aromatic nitrogens is 3. The molecule has 0 spiro atoms. The van der Waals surface area contributed by atoms with Gasteiger partial charge in [0.05, 0.1) is 27.9 Å². The van der Waals surface area contributed by atoms with Crippen LogP contribution in [0.15, 0.2) is 54.7 Å². The third-order valence-electron chi connectivity index (χ3n) is 6.01. The molecule has 2 aromatic carbocycles. The van der Waals surface area contributed by atoms with Crippen molar-refractivity contribution in [2.45, 2.75) is 27.2 Å². The Morgan fingerprint density at radius 1 is 0.903 bits per heavy atom. The number of amides is 2. The SMILES string of the molecule is Cc1ccc(-n2nc(C)c3c4c(cnc32)C(=O)N(CCc2ccccc2)C4=O)cc1C. The lowest BCUT2D eigenvalue weighted by atomic mass is 10.1. The number of pyridine rings is 1. The Bertz CT molecular complexity index is 1360. The summed E-state index contributed by atoms with van der Waals surface area (Å²) in [6.45, 7) is 6.30. The van der Waals surface area contributed by atoms with Gasteiger partial charge in [0.2, 0.25) is 0 Å². The zero-order valence-corrected chi connectivity index (χ0v) is 17.7. The van der Waals surface area contributed by atoms with Crippen LogP contribution in [0.25, 0.3) is 16.7 Å². The van der Waals surface area contributed by atoms with Gasteiger partial charge in [0, 0.05) is 12.7 Å². The summed E-state index contributed by atoms with van der Waals surface area (Å²) in [5.74, 6) is -0.560. The maximum atomic E-state index is 13.3. The van der Waals surface area contributed by atoms with Gasteiger partial charge in [-0.25, -0.2) is 9.67 Å². The molecule has 4 aromatic rings. The van der Waals surface area contributed by atoms with Gasteiger partial charge in [-0.05, 0) is 56.0 Å². The molecule has 0 radical (unpaired) electrons. The summed E-state index contributed by atoms with van der Waals surface area (Å²) in [4.78, 5) is 32.1. The van der Waals surface area contributed by atoms with Crippen LogP contribution in [0.5, 0.6) is 0 Å². The summed E-state index contributed by atoms with van der Waals surface area (Å²) in [6, 6.07) is 15.9. The Labute approximate surface area is 180 Å². The van der Waals surface area contributed by atoms with Gasteiger partial charge in [0.1, 0.15) is 0 Å². The molecule has 0 aliphatic carbocycles. The maximum absolute atomic E-state index is 13.3. The van der Waals surface area contributed by atoms with Crippen LogP contribution in [0.4, 0.5) is 0 Å². The highest BCUT2D eigenvalue weighted by atomic mass is 16.2. The number of benzene rings is 2. The Hall–Kier alpha value is -3.80. The fourth-order valence-corrected chi connectivity index (χ4v) is 4.13. The highest BCUT2D eigenvalue weighted by molar-refractivity contribution is 6.26. The standard InChI is InChI=1S/C25H22N4O2/c1-15-9-10-19(13-16(15)2)29-23-21(17(3)27-29)22-20(14-26-23)24(30)28(25(22)31)12-11-18-7-5-4-6-8-18/h4-10,13-14H,11-12H2,1-3H3. The van der Waals surface area contributed by atoms with Crippen LogP contribution in [0.2, 0.25) is 0 Å². The van der Waals surface area contributed by atoms with E-state index in [1.54, 1.807) is 4.68 Å². The summed E-state index contributed by atoms with van der Waals surface area (Å²) in [6.07, 6.45) is 2.13. The molecule has 0 bridgehead atoms. The average Bonchev–Trinajstić information content (AvgIpc) is 3.23. The number of aryl methyl sites for hydroxylation is 3. The fraction of sp³-hybridized carbons (Fsp3) is 0.200. The predicted octanol–water partition coefficient (Wildman–Crippen LogP) is 4.18. The second-order valence-electron chi connectivity index (χ2n) is 8.01. The van der Waals surface area contributed by atoms with E-state index in [0.29, 0.717) is 40.8 Å². The lowest BCUT2D eigenvalue weighted by molar-refractivity contribution is 0.0656. The number of carbonyl (C=O) groups excluding carboxylic acids is 2. The maximum Gasteiger partial charge on any atom is 0.263 e. The number of hydrogen-bond donors (Lipinski definition) is 0. The zero-order chi connectivity index (χ0) is 21.7. The molecule has 154 valence electrons. The topological polar surface area (TPSA) is 68.1 Å². The zero-order valence-electron chi connectivity index (χ0n) is 17.7. The second kappa shape index (κ2) is 7.16. The van der Waals surface area contributed by atoms with Gasteiger partial charge in [0.15, 0.2) is 5.65 Å². The summed E-state index contributed by atoms with van der Waals surface area (Å²) >= 11 is 0. The first-order valence-electron chi connectivity index (χ1n) is 10.3. The van der Waals surface area contributed by atoms with Crippen molar-refractivity contribution in [1.82, 2.24) is 19.7 Å². The van der Waals surface area contributed by atoms with Crippen molar-refractivity contribution < 1.29 is 9.59 Å². The minimum absolute atomic E-state index is 0.272. The minimum Gasteiger partial charge on any atom is -0.274 e. The van der Waals surface area contributed by atoms with Crippen molar-refractivity contribution in [3.05, 3.63) is 88.2 Å². The quantitative estimate of drug-likeness (QED) is 0.473. The van der Waals surface area contributed by atoms with Crippen LogP contribution in [-0.2, 0) is 6.42 Å². The van der Waals surface area contributed by atoms with E-state index in [4.69, 9.17) is 0 Å². The van der Waals surface area contributed by atoms with Crippen molar-refractivity contribution >= 4 is 22.8 Å². The summed E-state index contributed by atoms with van der Waals surface area (Å²) in [7, 11) is 0.